The SMILES string of the molecule is [O-][n+]1ccc(Br)c(C=Cc2ccccc2)c1. The molecule has 0 fully saturated rings. The second kappa shape index (κ2) is 4.94. The van der Waals surface area contributed by atoms with Gasteiger partial charge in [-0.25, -0.2) is 0 Å². The molecule has 1 aromatic carbocycles. The average Bonchev–Trinajstić information content (AvgIpc) is 2.32. The van der Waals surface area contributed by atoms with E-state index >= 15 is 0 Å². The molecule has 0 amide bonds. The van der Waals surface area contributed by atoms with Gasteiger partial charge in [-0.2, -0.15) is 4.73 Å². The van der Waals surface area contributed by atoms with Gasteiger partial charge in [0, 0.05) is 10.5 Å². The molecule has 1 aromatic heterocycles. The fraction of sp³-hybridized carbons (Fsp3) is 0. The summed E-state index contributed by atoms with van der Waals surface area (Å²) in [5, 5.41) is 11.1. The topological polar surface area (TPSA) is 26.9 Å². The van der Waals surface area contributed by atoms with E-state index in [9.17, 15) is 5.21 Å². The summed E-state index contributed by atoms with van der Waals surface area (Å²) in [7, 11) is 0. The van der Waals surface area contributed by atoms with Gasteiger partial charge in [0.25, 0.3) is 0 Å². The summed E-state index contributed by atoms with van der Waals surface area (Å²) >= 11 is 3.40. The molecular weight excluding hydrogens is 266 g/mol. The van der Waals surface area contributed by atoms with Crippen molar-refractivity contribution in [3.05, 3.63) is 69.6 Å². The van der Waals surface area contributed by atoms with Crippen molar-refractivity contribution in [2.24, 2.45) is 0 Å². The van der Waals surface area contributed by atoms with Crippen molar-refractivity contribution in [3.8, 4) is 0 Å². The monoisotopic (exact) mass is 275 g/mol. The molecule has 0 saturated carbocycles. The van der Waals surface area contributed by atoms with Gasteiger partial charge in [0.1, 0.15) is 0 Å². The Morgan fingerprint density at radius 2 is 1.81 bits per heavy atom. The van der Waals surface area contributed by atoms with Crippen molar-refractivity contribution in [2.45, 2.75) is 0 Å². The van der Waals surface area contributed by atoms with Gasteiger partial charge >= 0.3 is 0 Å². The maximum Gasteiger partial charge on any atom is 0.188 e. The largest absolute Gasteiger partial charge is 0.619 e. The van der Waals surface area contributed by atoms with Crippen LogP contribution in [0.4, 0.5) is 0 Å². The van der Waals surface area contributed by atoms with Crippen molar-refractivity contribution in [1.29, 1.82) is 0 Å². The normalized spacial score (nSPS) is 10.8. The van der Waals surface area contributed by atoms with Gasteiger partial charge in [0.2, 0.25) is 0 Å². The van der Waals surface area contributed by atoms with E-state index in [1.54, 1.807) is 6.07 Å². The zero-order valence-electron chi connectivity index (χ0n) is 8.51. The lowest BCUT2D eigenvalue weighted by Crippen LogP contribution is -2.24. The Labute approximate surface area is 103 Å². The molecule has 0 aliphatic heterocycles. The number of aromatic nitrogens is 1. The lowest BCUT2D eigenvalue weighted by Gasteiger charge is -1.99. The minimum atomic E-state index is 0.787. The average molecular weight is 276 g/mol. The lowest BCUT2D eigenvalue weighted by atomic mass is 10.2. The summed E-state index contributed by atoms with van der Waals surface area (Å²) in [6.45, 7) is 0. The van der Waals surface area contributed by atoms with Crippen molar-refractivity contribution < 1.29 is 4.73 Å². The van der Waals surface area contributed by atoms with Gasteiger partial charge < -0.3 is 5.21 Å². The summed E-state index contributed by atoms with van der Waals surface area (Å²) in [4.78, 5) is 0. The molecule has 0 bridgehead atoms. The van der Waals surface area contributed by atoms with Crippen LogP contribution in [0.25, 0.3) is 12.2 Å². The van der Waals surface area contributed by atoms with E-state index in [4.69, 9.17) is 0 Å². The molecule has 0 aliphatic carbocycles. The molecule has 1 heterocycles. The second-order valence-corrected chi connectivity index (χ2v) is 4.21. The van der Waals surface area contributed by atoms with Crippen LogP contribution < -0.4 is 4.73 Å². The standard InChI is InChI=1S/C13H10BrNO/c14-13-8-9-15(16)10-12(13)7-6-11-4-2-1-3-5-11/h1-10H. The highest BCUT2D eigenvalue weighted by atomic mass is 79.9. The molecule has 2 aromatic rings. The van der Waals surface area contributed by atoms with E-state index in [0.29, 0.717) is 0 Å². The van der Waals surface area contributed by atoms with Gasteiger partial charge in [0.15, 0.2) is 12.4 Å². The van der Waals surface area contributed by atoms with Crippen LogP contribution in [0.1, 0.15) is 11.1 Å². The highest BCUT2D eigenvalue weighted by Gasteiger charge is 1.99. The Bertz CT molecular complexity index is 509. The number of hydrogen-bond donors (Lipinski definition) is 0. The van der Waals surface area contributed by atoms with Gasteiger partial charge in [-0.3, -0.25) is 0 Å². The van der Waals surface area contributed by atoms with Crippen molar-refractivity contribution in [3.63, 3.8) is 0 Å². The van der Waals surface area contributed by atoms with Crippen LogP contribution in [0, 0.1) is 5.21 Å². The molecule has 0 aliphatic rings. The predicted molar refractivity (Wildman–Crippen MR) is 68.5 cm³/mol. The van der Waals surface area contributed by atoms with Crippen molar-refractivity contribution >= 4 is 28.1 Å². The second-order valence-electron chi connectivity index (χ2n) is 3.35. The van der Waals surface area contributed by atoms with Gasteiger partial charge in [-0.05, 0) is 27.6 Å². The molecule has 0 radical (unpaired) electrons. The first-order chi connectivity index (χ1) is 7.75. The van der Waals surface area contributed by atoms with Crippen LogP contribution in [0.5, 0.6) is 0 Å². The van der Waals surface area contributed by atoms with Gasteiger partial charge in [0.05, 0.1) is 5.56 Å². The maximum absolute atomic E-state index is 11.1. The highest BCUT2D eigenvalue weighted by molar-refractivity contribution is 9.10. The Morgan fingerprint density at radius 1 is 1.06 bits per heavy atom. The van der Waals surface area contributed by atoms with E-state index in [1.807, 2.05) is 42.5 Å². The third kappa shape index (κ3) is 2.70. The van der Waals surface area contributed by atoms with Crippen LogP contribution in [0.15, 0.2) is 53.3 Å². The molecule has 0 saturated heterocycles. The molecule has 3 heteroatoms. The highest BCUT2D eigenvalue weighted by Crippen LogP contribution is 2.16. The van der Waals surface area contributed by atoms with Crippen LogP contribution in [0.3, 0.4) is 0 Å². The molecule has 0 N–H and O–H groups in total. The first-order valence-corrected chi connectivity index (χ1v) is 5.66. The maximum atomic E-state index is 11.1. The Balaban J connectivity index is 2.27. The summed E-state index contributed by atoms with van der Waals surface area (Å²) in [5.74, 6) is 0. The molecule has 0 atom stereocenters. The first kappa shape index (κ1) is 10.9. The smallest absolute Gasteiger partial charge is 0.188 e. The minimum Gasteiger partial charge on any atom is -0.619 e. The Morgan fingerprint density at radius 3 is 2.56 bits per heavy atom. The molecule has 2 rings (SSSR count). The first-order valence-electron chi connectivity index (χ1n) is 4.87. The molecule has 80 valence electrons. The number of halogens is 1. The lowest BCUT2D eigenvalue weighted by molar-refractivity contribution is -0.605. The fourth-order valence-electron chi connectivity index (χ4n) is 1.35. The molecular formula is C13H10BrNO. The predicted octanol–water partition coefficient (Wildman–Crippen LogP) is 3.25. The zero-order chi connectivity index (χ0) is 11.4. The minimum absolute atomic E-state index is 0.787. The summed E-state index contributed by atoms with van der Waals surface area (Å²) < 4.78 is 1.70. The van der Waals surface area contributed by atoms with E-state index < -0.39 is 0 Å². The fourth-order valence-corrected chi connectivity index (χ4v) is 1.70. The molecule has 0 spiro atoms. The Kier molecular flexibility index (Phi) is 3.37. The van der Waals surface area contributed by atoms with Crippen LogP contribution >= 0.6 is 15.9 Å². The van der Waals surface area contributed by atoms with E-state index in [2.05, 4.69) is 15.9 Å². The summed E-state index contributed by atoms with van der Waals surface area (Å²) in [6.07, 6.45) is 6.88. The van der Waals surface area contributed by atoms with E-state index in [0.717, 1.165) is 20.3 Å². The number of rotatable bonds is 2. The Hall–Kier alpha value is -1.61. The van der Waals surface area contributed by atoms with Crippen molar-refractivity contribution in [2.75, 3.05) is 0 Å². The zero-order valence-corrected chi connectivity index (χ0v) is 10.1. The van der Waals surface area contributed by atoms with Crippen LogP contribution in [0.2, 0.25) is 0 Å². The number of pyridine rings is 1. The molecule has 16 heavy (non-hydrogen) atoms. The number of hydrogen-bond acceptors (Lipinski definition) is 1. The van der Waals surface area contributed by atoms with Crippen molar-refractivity contribution in [1.82, 2.24) is 0 Å². The molecule has 0 unspecified atom stereocenters. The van der Waals surface area contributed by atoms with E-state index in [-0.39, 0.29) is 0 Å². The van der Waals surface area contributed by atoms with Gasteiger partial charge in [-0.15, -0.1) is 0 Å². The molecule has 2 nitrogen and oxygen atoms in total. The number of benzene rings is 1. The number of nitrogens with zero attached hydrogens (tertiary/aromatic N) is 1. The quantitative estimate of drug-likeness (QED) is 0.611. The third-order valence-electron chi connectivity index (χ3n) is 2.16. The van der Waals surface area contributed by atoms with Crippen LogP contribution in [-0.4, -0.2) is 0 Å². The summed E-state index contributed by atoms with van der Waals surface area (Å²) in [6, 6.07) is 11.7. The summed E-state index contributed by atoms with van der Waals surface area (Å²) in [5.41, 5.74) is 1.97. The van der Waals surface area contributed by atoms with Gasteiger partial charge in [-0.1, -0.05) is 36.4 Å². The third-order valence-corrected chi connectivity index (χ3v) is 2.89. The van der Waals surface area contributed by atoms with E-state index in [1.165, 1.54) is 12.4 Å². The van der Waals surface area contributed by atoms with Crippen LogP contribution in [-0.2, 0) is 0 Å².